The molecule has 0 aromatic heterocycles. The lowest BCUT2D eigenvalue weighted by atomic mass is 10.0. The lowest BCUT2D eigenvalue weighted by Crippen LogP contribution is -2.04. The fourth-order valence-electron chi connectivity index (χ4n) is 1.14. The molecule has 68 valence electrons. The Bertz CT molecular complexity index is 78.9. The summed E-state index contributed by atoms with van der Waals surface area (Å²) in [6, 6.07) is 0. The van der Waals surface area contributed by atoms with Crippen molar-refractivity contribution in [3.63, 3.8) is 0 Å². The fraction of sp³-hybridized carbons (Fsp3) is 1.00. The van der Waals surface area contributed by atoms with E-state index in [0.717, 1.165) is 11.2 Å². The van der Waals surface area contributed by atoms with Gasteiger partial charge in [0.25, 0.3) is 0 Å². The maximum Gasteiger partial charge on any atom is -0.000958 e. The van der Waals surface area contributed by atoms with Gasteiger partial charge < -0.3 is 0 Å². The average molecular weight is 174 g/mol. The van der Waals surface area contributed by atoms with Crippen molar-refractivity contribution in [1.82, 2.24) is 0 Å². The van der Waals surface area contributed by atoms with Crippen molar-refractivity contribution in [2.45, 2.75) is 52.2 Å². The Morgan fingerprint density at radius 2 is 1.82 bits per heavy atom. The highest BCUT2D eigenvalue weighted by molar-refractivity contribution is 7.99. The predicted molar refractivity (Wildman–Crippen MR) is 56.3 cm³/mol. The van der Waals surface area contributed by atoms with E-state index < -0.39 is 0 Å². The average Bonchev–Trinajstić information content (AvgIpc) is 1.97. The van der Waals surface area contributed by atoms with E-state index in [1.165, 1.54) is 25.0 Å². The molecule has 1 unspecified atom stereocenters. The second-order valence-electron chi connectivity index (χ2n) is 3.45. The Kier molecular flexibility index (Phi) is 7.25. The molecule has 0 saturated heterocycles. The van der Waals surface area contributed by atoms with Gasteiger partial charge in [-0.25, -0.2) is 0 Å². The van der Waals surface area contributed by atoms with E-state index in [4.69, 9.17) is 0 Å². The molecule has 0 nitrogen and oxygen atoms in total. The molecule has 0 radical (unpaired) electrons. The normalized spacial score (nSPS) is 13.9. The van der Waals surface area contributed by atoms with Crippen LogP contribution in [0.15, 0.2) is 0 Å². The van der Waals surface area contributed by atoms with Crippen LogP contribution in [0.25, 0.3) is 0 Å². The first-order valence-electron chi connectivity index (χ1n) is 4.82. The Balaban J connectivity index is 3.35. The van der Waals surface area contributed by atoms with Crippen molar-refractivity contribution < 1.29 is 0 Å². The molecule has 0 heterocycles. The summed E-state index contributed by atoms with van der Waals surface area (Å²) in [5.41, 5.74) is 0. The lowest BCUT2D eigenvalue weighted by molar-refractivity contribution is 0.517. The maximum atomic E-state index is 2.31. The first-order valence-corrected chi connectivity index (χ1v) is 5.87. The Hall–Kier alpha value is 0.350. The van der Waals surface area contributed by atoms with Gasteiger partial charge in [0.2, 0.25) is 0 Å². The molecule has 11 heavy (non-hydrogen) atoms. The summed E-state index contributed by atoms with van der Waals surface area (Å²) in [4.78, 5) is 0. The molecule has 0 spiro atoms. The van der Waals surface area contributed by atoms with Crippen LogP contribution >= 0.6 is 11.8 Å². The number of rotatable bonds is 6. The topological polar surface area (TPSA) is 0 Å². The summed E-state index contributed by atoms with van der Waals surface area (Å²) in [7, 11) is 0. The van der Waals surface area contributed by atoms with Gasteiger partial charge >= 0.3 is 0 Å². The number of hydrogen-bond donors (Lipinski definition) is 0. The largest absolute Gasteiger partial charge is 0.159 e. The van der Waals surface area contributed by atoms with Gasteiger partial charge in [-0.05, 0) is 23.3 Å². The molecule has 0 aliphatic carbocycles. The minimum absolute atomic E-state index is 0.806. The molecule has 1 atom stereocenters. The van der Waals surface area contributed by atoms with Gasteiger partial charge in [0.15, 0.2) is 0 Å². The molecule has 0 amide bonds. The standard InChI is InChI=1S/C10H22S/c1-5-7-10(6-2)8-11-9(3)4/h9-10H,5-8H2,1-4H3. The molecule has 0 fully saturated rings. The SMILES string of the molecule is CCCC(CC)CSC(C)C. The van der Waals surface area contributed by atoms with Crippen LogP contribution in [0.3, 0.4) is 0 Å². The van der Waals surface area contributed by atoms with Crippen LogP contribution < -0.4 is 0 Å². The molecule has 0 aromatic carbocycles. The van der Waals surface area contributed by atoms with Crippen LogP contribution in [0.4, 0.5) is 0 Å². The monoisotopic (exact) mass is 174 g/mol. The Labute approximate surface area is 76.1 Å². The van der Waals surface area contributed by atoms with Gasteiger partial charge in [-0.1, -0.05) is 40.5 Å². The van der Waals surface area contributed by atoms with Crippen LogP contribution in [0.5, 0.6) is 0 Å². The number of hydrogen-bond acceptors (Lipinski definition) is 1. The zero-order valence-electron chi connectivity index (χ0n) is 8.39. The van der Waals surface area contributed by atoms with Crippen LogP contribution in [0.1, 0.15) is 47.0 Å². The molecular formula is C10H22S. The summed E-state index contributed by atoms with van der Waals surface area (Å²) < 4.78 is 0. The van der Waals surface area contributed by atoms with Crippen LogP contribution in [-0.2, 0) is 0 Å². The molecule has 0 aliphatic heterocycles. The second kappa shape index (κ2) is 7.02. The third kappa shape index (κ3) is 6.74. The minimum atomic E-state index is 0.806. The summed E-state index contributed by atoms with van der Waals surface area (Å²) in [6.07, 6.45) is 4.11. The third-order valence-corrected chi connectivity index (χ3v) is 3.27. The highest BCUT2D eigenvalue weighted by atomic mass is 32.2. The van der Waals surface area contributed by atoms with Gasteiger partial charge in [0.1, 0.15) is 0 Å². The first-order chi connectivity index (χ1) is 5.20. The molecule has 0 rings (SSSR count). The highest BCUT2D eigenvalue weighted by Crippen LogP contribution is 2.20. The quantitative estimate of drug-likeness (QED) is 0.587. The molecule has 0 saturated carbocycles. The highest BCUT2D eigenvalue weighted by Gasteiger charge is 2.05. The predicted octanol–water partition coefficient (Wildman–Crippen LogP) is 3.95. The van der Waals surface area contributed by atoms with Crippen molar-refractivity contribution in [1.29, 1.82) is 0 Å². The van der Waals surface area contributed by atoms with Crippen molar-refractivity contribution in [3.05, 3.63) is 0 Å². The second-order valence-corrected chi connectivity index (χ2v) is 5.05. The van der Waals surface area contributed by atoms with E-state index in [1.807, 2.05) is 0 Å². The van der Waals surface area contributed by atoms with E-state index in [2.05, 4.69) is 39.5 Å². The summed E-state index contributed by atoms with van der Waals surface area (Å²) >= 11 is 2.10. The Morgan fingerprint density at radius 3 is 2.18 bits per heavy atom. The van der Waals surface area contributed by atoms with Crippen LogP contribution in [-0.4, -0.2) is 11.0 Å². The van der Waals surface area contributed by atoms with Crippen molar-refractivity contribution >= 4 is 11.8 Å². The van der Waals surface area contributed by atoms with E-state index in [1.54, 1.807) is 0 Å². The van der Waals surface area contributed by atoms with E-state index in [9.17, 15) is 0 Å². The Morgan fingerprint density at radius 1 is 1.18 bits per heavy atom. The molecule has 1 heteroatoms. The zero-order chi connectivity index (χ0) is 8.69. The summed E-state index contributed by atoms with van der Waals surface area (Å²) in [5, 5.41) is 0.806. The zero-order valence-corrected chi connectivity index (χ0v) is 9.21. The van der Waals surface area contributed by atoms with Gasteiger partial charge in [0.05, 0.1) is 0 Å². The molecule has 0 bridgehead atoms. The first kappa shape index (κ1) is 11.4. The van der Waals surface area contributed by atoms with E-state index >= 15 is 0 Å². The van der Waals surface area contributed by atoms with Gasteiger partial charge in [-0.3, -0.25) is 0 Å². The van der Waals surface area contributed by atoms with Crippen LogP contribution in [0.2, 0.25) is 0 Å². The molecule has 0 aliphatic rings. The molecule has 0 aromatic rings. The summed E-state index contributed by atoms with van der Waals surface area (Å²) in [6.45, 7) is 9.15. The maximum absolute atomic E-state index is 2.31. The number of thioether (sulfide) groups is 1. The van der Waals surface area contributed by atoms with Gasteiger partial charge in [0, 0.05) is 0 Å². The lowest BCUT2D eigenvalue weighted by Gasteiger charge is -2.14. The van der Waals surface area contributed by atoms with Crippen molar-refractivity contribution in [2.75, 3.05) is 5.75 Å². The fourth-order valence-corrected chi connectivity index (χ4v) is 2.20. The van der Waals surface area contributed by atoms with Crippen LogP contribution in [0, 0.1) is 5.92 Å². The molecular weight excluding hydrogens is 152 g/mol. The summed E-state index contributed by atoms with van der Waals surface area (Å²) in [5.74, 6) is 2.33. The third-order valence-electron chi connectivity index (χ3n) is 1.94. The van der Waals surface area contributed by atoms with E-state index in [0.29, 0.717) is 0 Å². The van der Waals surface area contributed by atoms with E-state index in [-0.39, 0.29) is 0 Å². The smallest absolute Gasteiger partial charge is 0.000958 e. The minimum Gasteiger partial charge on any atom is -0.159 e. The van der Waals surface area contributed by atoms with Crippen molar-refractivity contribution in [3.8, 4) is 0 Å². The van der Waals surface area contributed by atoms with Crippen molar-refractivity contribution in [2.24, 2.45) is 5.92 Å². The van der Waals surface area contributed by atoms with Gasteiger partial charge in [-0.15, -0.1) is 0 Å². The van der Waals surface area contributed by atoms with Gasteiger partial charge in [-0.2, -0.15) is 11.8 Å². The molecule has 0 N–H and O–H groups in total.